The summed E-state index contributed by atoms with van der Waals surface area (Å²) < 4.78 is 9.70. The van der Waals surface area contributed by atoms with E-state index in [0.29, 0.717) is 32.5 Å². The molecule has 7 nitrogen and oxygen atoms in total. The standard InChI is InChI=1S/C15H26N2O5/c1-5-22-13(18)11-6-8-17(9-7-11)15(20)16-12(10(2)3)14(19)21-4/h10-12H,5-9H2,1-4H3,(H,16,20)/t12-/m0/s1. The number of carbonyl (C=O) groups is 3. The van der Waals surface area contributed by atoms with Gasteiger partial charge in [-0.05, 0) is 25.7 Å². The molecule has 0 radical (unpaired) electrons. The molecule has 1 N–H and O–H groups in total. The number of hydrogen-bond donors (Lipinski definition) is 1. The third kappa shape index (κ3) is 4.89. The Bertz CT molecular complexity index is 403. The van der Waals surface area contributed by atoms with E-state index in [-0.39, 0.29) is 23.8 Å². The minimum Gasteiger partial charge on any atom is -0.467 e. The van der Waals surface area contributed by atoms with E-state index in [9.17, 15) is 14.4 Å². The largest absolute Gasteiger partial charge is 0.467 e. The molecule has 1 rings (SSSR count). The van der Waals surface area contributed by atoms with Crippen LogP contribution in [0.1, 0.15) is 33.6 Å². The number of methoxy groups -OCH3 is 1. The summed E-state index contributed by atoms with van der Waals surface area (Å²) in [6.07, 6.45) is 1.16. The third-order valence-corrected chi connectivity index (χ3v) is 3.80. The first-order chi connectivity index (χ1) is 10.4. The van der Waals surface area contributed by atoms with Crippen LogP contribution >= 0.6 is 0 Å². The molecule has 0 aromatic heterocycles. The van der Waals surface area contributed by atoms with Gasteiger partial charge < -0.3 is 19.7 Å². The van der Waals surface area contributed by atoms with Crippen LogP contribution in [0.5, 0.6) is 0 Å². The first-order valence-electron chi connectivity index (χ1n) is 7.70. The summed E-state index contributed by atoms with van der Waals surface area (Å²) in [7, 11) is 1.30. The fraction of sp³-hybridized carbons (Fsp3) is 0.800. The van der Waals surface area contributed by atoms with Gasteiger partial charge in [-0.25, -0.2) is 9.59 Å². The first-order valence-corrected chi connectivity index (χ1v) is 7.70. The molecule has 0 aromatic carbocycles. The molecule has 1 saturated heterocycles. The van der Waals surface area contributed by atoms with Crippen molar-refractivity contribution in [2.45, 2.75) is 39.7 Å². The number of rotatable bonds is 5. The fourth-order valence-corrected chi connectivity index (χ4v) is 2.43. The molecule has 22 heavy (non-hydrogen) atoms. The van der Waals surface area contributed by atoms with E-state index in [4.69, 9.17) is 9.47 Å². The van der Waals surface area contributed by atoms with Crippen molar-refractivity contribution in [3.63, 3.8) is 0 Å². The number of amides is 2. The van der Waals surface area contributed by atoms with Crippen molar-refractivity contribution in [2.75, 3.05) is 26.8 Å². The summed E-state index contributed by atoms with van der Waals surface area (Å²) in [6.45, 7) is 6.78. The molecule has 0 spiro atoms. The van der Waals surface area contributed by atoms with Crippen LogP contribution in [-0.2, 0) is 19.1 Å². The monoisotopic (exact) mass is 314 g/mol. The maximum absolute atomic E-state index is 12.2. The molecule has 7 heteroatoms. The highest BCUT2D eigenvalue weighted by molar-refractivity contribution is 5.84. The van der Waals surface area contributed by atoms with Gasteiger partial charge in [-0.3, -0.25) is 4.79 Å². The molecule has 1 fully saturated rings. The lowest BCUT2D eigenvalue weighted by atomic mass is 9.97. The zero-order valence-electron chi connectivity index (χ0n) is 13.8. The Morgan fingerprint density at radius 3 is 2.27 bits per heavy atom. The van der Waals surface area contributed by atoms with Crippen molar-refractivity contribution in [1.82, 2.24) is 10.2 Å². The first kappa shape index (κ1) is 18.3. The van der Waals surface area contributed by atoms with Crippen LogP contribution in [0.15, 0.2) is 0 Å². The molecule has 0 unspecified atom stereocenters. The number of hydrogen-bond acceptors (Lipinski definition) is 5. The average Bonchev–Trinajstić information content (AvgIpc) is 2.51. The number of likely N-dealkylation sites (tertiary alicyclic amines) is 1. The van der Waals surface area contributed by atoms with Crippen LogP contribution < -0.4 is 5.32 Å². The molecular weight excluding hydrogens is 288 g/mol. The predicted octanol–water partition coefficient (Wildman–Crippen LogP) is 1.17. The lowest BCUT2D eigenvalue weighted by molar-refractivity contribution is -0.149. The summed E-state index contributed by atoms with van der Waals surface area (Å²) in [5, 5.41) is 2.70. The van der Waals surface area contributed by atoms with Crippen molar-refractivity contribution in [3.05, 3.63) is 0 Å². The van der Waals surface area contributed by atoms with E-state index in [2.05, 4.69) is 5.32 Å². The number of nitrogens with zero attached hydrogens (tertiary/aromatic N) is 1. The van der Waals surface area contributed by atoms with E-state index in [1.165, 1.54) is 7.11 Å². The van der Waals surface area contributed by atoms with E-state index < -0.39 is 12.0 Å². The Hall–Kier alpha value is -1.79. The maximum Gasteiger partial charge on any atom is 0.328 e. The van der Waals surface area contributed by atoms with Gasteiger partial charge in [-0.2, -0.15) is 0 Å². The Morgan fingerprint density at radius 2 is 1.82 bits per heavy atom. The molecule has 1 aliphatic rings. The number of piperidine rings is 1. The van der Waals surface area contributed by atoms with Gasteiger partial charge in [0.25, 0.3) is 0 Å². The van der Waals surface area contributed by atoms with E-state index in [1.54, 1.807) is 11.8 Å². The van der Waals surface area contributed by atoms with Crippen molar-refractivity contribution in [2.24, 2.45) is 11.8 Å². The highest BCUT2D eigenvalue weighted by Crippen LogP contribution is 2.19. The fourth-order valence-electron chi connectivity index (χ4n) is 2.43. The van der Waals surface area contributed by atoms with Gasteiger partial charge in [0.15, 0.2) is 0 Å². The number of nitrogens with one attached hydrogen (secondary N) is 1. The van der Waals surface area contributed by atoms with Gasteiger partial charge in [-0.1, -0.05) is 13.8 Å². The second-order valence-electron chi connectivity index (χ2n) is 5.71. The number of urea groups is 1. The van der Waals surface area contributed by atoms with Crippen LogP contribution in [0.2, 0.25) is 0 Å². The van der Waals surface area contributed by atoms with Gasteiger partial charge in [-0.15, -0.1) is 0 Å². The van der Waals surface area contributed by atoms with Crippen molar-refractivity contribution in [3.8, 4) is 0 Å². The molecule has 0 aliphatic carbocycles. The van der Waals surface area contributed by atoms with Gasteiger partial charge >= 0.3 is 18.0 Å². The van der Waals surface area contributed by atoms with Crippen molar-refractivity contribution in [1.29, 1.82) is 0 Å². The topological polar surface area (TPSA) is 84.9 Å². The maximum atomic E-state index is 12.2. The molecule has 126 valence electrons. The van der Waals surface area contributed by atoms with E-state index in [0.717, 1.165) is 0 Å². The Morgan fingerprint density at radius 1 is 1.23 bits per heavy atom. The molecule has 0 bridgehead atoms. The van der Waals surface area contributed by atoms with E-state index in [1.807, 2.05) is 13.8 Å². The minimum absolute atomic E-state index is 0.0616. The van der Waals surface area contributed by atoms with Crippen LogP contribution in [-0.4, -0.2) is 55.7 Å². The lowest BCUT2D eigenvalue weighted by Gasteiger charge is -2.32. The Balaban J connectivity index is 2.51. The van der Waals surface area contributed by atoms with Gasteiger partial charge in [0.05, 0.1) is 19.6 Å². The van der Waals surface area contributed by atoms with Gasteiger partial charge in [0.1, 0.15) is 6.04 Å². The zero-order chi connectivity index (χ0) is 16.7. The second-order valence-corrected chi connectivity index (χ2v) is 5.71. The van der Waals surface area contributed by atoms with Gasteiger partial charge in [0, 0.05) is 13.1 Å². The molecule has 0 aromatic rings. The molecule has 0 saturated carbocycles. The highest BCUT2D eigenvalue weighted by atomic mass is 16.5. The van der Waals surface area contributed by atoms with Crippen molar-refractivity contribution < 1.29 is 23.9 Å². The minimum atomic E-state index is -0.666. The number of carbonyl (C=O) groups excluding carboxylic acids is 3. The molecule has 1 atom stereocenters. The second kappa shape index (κ2) is 8.60. The summed E-state index contributed by atoms with van der Waals surface area (Å²) in [5.41, 5.74) is 0. The Kier molecular flexibility index (Phi) is 7.14. The molecule has 1 heterocycles. The highest BCUT2D eigenvalue weighted by Gasteiger charge is 2.31. The number of ether oxygens (including phenoxy) is 2. The average molecular weight is 314 g/mol. The lowest BCUT2D eigenvalue weighted by Crippen LogP contribution is -2.52. The van der Waals surface area contributed by atoms with Crippen LogP contribution in [0, 0.1) is 11.8 Å². The molecular formula is C15H26N2O5. The normalized spacial score (nSPS) is 17.0. The summed E-state index contributed by atoms with van der Waals surface area (Å²) in [6, 6.07) is -0.966. The quantitative estimate of drug-likeness (QED) is 0.770. The summed E-state index contributed by atoms with van der Waals surface area (Å²) in [5.74, 6) is -0.860. The van der Waals surface area contributed by atoms with Crippen LogP contribution in [0.3, 0.4) is 0 Å². The smallest absolute Gasteiger partial charge is 0.328 e. The SMILES string of the molecule is CCOC(=O)C1CCN(C(=O)N[C@H](C(=O)OC)C(C)C)CC1. The summed E-state index contributed by atoms with van der Waals surface area (Å²) >= 11 is 0. The Labute approximate surface area is 131 Å². The molecule has 2 amide bonds. The van der Waals surface area contributed by atoms with E-state index >= 15 is 0 Å². The predicted molar refractivity (Wildman–Crippen MR) is 80.1 cm³/mol. The third-order valence-electron chi connectivity index (χ3n) is 3.80. The summed E-state index contributed by atoms with van der Waals surface area (Å²) in [4.78, 5) is 37.2. The number of esters is 2. The zero-order valence-corrected chi connectivity index (χ0v) is 13.8. The van der Waals surface area contributed by atoms with Crippen LogP contribution in [0.25, 0.3) is 0 Å². The van der Waals surface area contributed by atoms with Gasteiger partial charge in [0.2, 0.25) is 0 Å². The van der Waals surface area contributed by atoms with Crippen LogP contribution in [0.4, 0.5) is 4.79 Å². The van der Waals surface area contributed by atoms with Crippen molar-refractivity contribution >= 4 is 18.0 Å². The molecule has 1 aliphatic heterocycles.